The van der Waals surface area contributed by atoms with Crippen LogP contribution in [0.3, 0.4) is 0 Å². The zero-order valence-corrected chi connectivity index (χ0v) is 32.9. The third kappa shape index (κ3) is 7.81. The highest BCUT2D eigenvalue weighted by Crippen LogP contribution is 2.37. The summed E-state index contributed by atoms with van der Waals surface area (Å²) < 4.78 is 11.1. The zero-order valence-electron chi connectivity index (χ0n) is 32.9. The average Bonchev–Trinajstić information content (AvgIpc) is 3.70. The molecule has 5 heteroatoms. The van der Waals surface area contributed by atoms with E-state index in [-0.39, 0.29) is 5.41 Å². The van der Waals surface area contributed by atoms with Gasteiger partial charge in [-0.1, -0.05) is 98.7 Å². The number of fused-ring (bicyclic) bond motifs is 3. The fourth-order valence-electron chi connectivity index (χ4n) is 7.66. The maximum Gasteiger partial charge on any atom is 0.137 e. The SMILES string of the molecule is CC(C)Cc1cc(Oc2ccc3c4ccccc4n(-c4cc(C(C)(C)C)ccn4)c3c2)cc(-n2cc(-c3c(CC(C)C)cccc3CC(C)C)cn2)c1. The van der Waals surface area contributed by atoms with Crippen LogP contribution in [-0.4, -0.2) is 19.3 Å². The zero-order chi connectivity index (χ0) is 37.4. The number of hydrogen-bond acceptors (Lipinski definition) is 3. The maximum atomic E-state index is 6.78. The van der Waals surface area contributed by atoms with Crippen molar-refractivity contribution in [3.8, 4) is 34.1 Å². The van der Waals surface area contributed by atoms with Crippen molar-refractivity contribution in [3.63, 3.8) is 0 Å². The van der Waals surface area contributed by atoms with Crippen LogP contribution in [0.25, 0.3) is 44.4 Å². The first kappa shape index (κ1) is 36.2. The lowest BCUT2D eigenvalue weighted by Crippen LogP contribution is -2.12. The quantitative estimate of drug-likeness (QED) is 0.135. The summed E-state index contributed by atoms with van der Waals surface area (Å²) in [7, 11) is 0. The molecule has 0 N–H and O–H groups in total. The molecule has 3 heterocycles. The van der Waals surface area contributed by atoms with Crippen molar-refractivity contribution in [3.05, 3.63) is 132 Å². The molecule has 0 aliphatic rings. The molecule has 4 aromatic carbocycles. The topological polar surface area (TPSA) is 44.9 Å². The summed E-state index contributed by atoms with van der Waals surface area (Å²) in [4.78, 5) is 4.87. The van der Waals surface area contributed by atoms with E-state index in [4.69, 9.17) is 14.8 Å². The van der Waals surface area contributed by atoms with Gasteiger partial charge in [-0.05, 0) is 113 Å². The van der Waals surface area contributed by atoms with E-state index in [1.165, 1.54) is 38.6 Å². The van der Waals surface area contributed by atoms with Gasteiger partial charge in [0.05, 0.1) is 22.9 Å². The van der Waals surface area contributed by atoms with Crippen LogP contribution in [0, 0.1) is 17.8 Å². The van der Waals surface area contributed by atoms with Crippen LogP contribution in [0.1, 0.15) is 84.6 Å². The van der Waals surface area contributed by atoms with Crippen molar-refractivity contribution in [2.24, 2.45) is 17.8 Å². The Hall–Kier alpha value is -5.16. The molecule has 0 spiro atoms. The molecule has 0 unspecified atom stereocenters. The minimum Gasteiger partial charge on any atom is -0.457 e. The molecule has 272 valence electrons. The Morgan fingerprint density at radius 2 is 1.36 bits per heavy atom. The average molecular weight is 703 g/mol. The molecule has 0 saturated carbocycles. The van der Waals surface area contributed by atoms with Gasteiger partial charge >= 0.3 is 0 Å². The molecule has 0 fully saturated rings. The Kier molecular flexibility index (Phi) is 10.0. The van der Waals surface area contributed by atoms with Gasteiger partial charge in [0.25, 0.3) is 0 Å². The van der Waals surface area contributed by atoms with Crippen LogP contribution < -0.4 is 4.74 Å². The summed E-state index contributed by atoms with van der Waals surface area (Å²) in [6, 6.07) is 32.7. The van der Waals surface area contributed by atoms with E-state index < -0.39 is 0 Å². The molecule has 0 bridgehead atoms. The number of rotatable bonds is 11. The smallest absolute Gasteiger partial charge is 0.137 e. The van der Waals surface area contributed by atoms with Crippen molar-refractivity contribution in [2.75, 3.05) is 0 Å². The fraction of sp³-hybridized carbons (Fsp3) is 0.333. The minimum atomic E-state index is 0.00656. The highest BCUT2D eigenvalue weighted by Gasteiger charge is 2.19. The van der Waals surface area contributed by atoms with E-state index in [0.29, 0.717) is 17.8 Å². The molecule has 5 nitrogen and oxygen atoms in total. The van der Waals surface area contributed by atoms with Gasteiger partial charge in [0.15, 0.2) is 0 Å². The van der Waals surface area contributed by atoms with Gasteiger partial charge in [-0.15, -0.1) is 0 Å². The standard InChI is InChI=1S/C48H54N4O/c1-31(2)21-34-24-39(51-30-37(29-50-51)47-35(22-32(3)4)13-12-14-36(47)23-33(5)6)27-41(25-34)53-40-17-18-43-42-15-10-11-16-44(42)52(45(43)28-40)46-26-38(19-20-49-46)48(7,8)9/h10-20,24-33H,21-23H2,1-9H3. The molecule has 0 saturated heterocycles. The van der Waals surface area contributed by atoms with E-state index in [2.05, 4.69) is 164 Å². The van der Waals surface area contributed by atoms with Gasteiger partial charge in [-0.25, -0.2) is 9.67 Å². The van der Waals surface area contributed by atoms with Gasteiger partial charge in [-0.3, -0.25) is 4.57 Å². The number of nitrogens with zero attached hydrogens (tertiary/aromatic N) is 4. The molecule has 0 aliphatic heterocycles. The van der Waals surface area contributed by atoms with Crippen molar-refractivity contribution < 1.29 is 4.74 Å². The van der Waals surface area contributed by atoms with Crippen molar-refractivity contribution in [1.82, 2.24) is 19.3 Å². The van der Waals surface area contributed by atoms with Gasteiger partial charge in [0.2, 0.25) is 0 Å². The second-order valence-electron chi connectivity index (χ2n) is 17.0. The van der Waals surface area contributed by atoms with E-state index in [0.717, 1.165) is 58.9 Å². The number of aromatic nitrogens is 4. The van der Waals surface area contributed by atoms with Crippen molar-refractivity contribution in [2.45, 2.75) is 87.0 Å². The van der Waals surface area contributed by atoms with Crippen LogP contribution in [-0.2, 0) is 24.7 Å². The van der Waals surface area contributed by atoms with Gasteiger partial charge < -0.3 is 4.74 Å². The van der Waals surface area contributed by atoms with E-state index in [1.807, 2.05) is 17.1 Å². The first-order valence-corrected chi connectivity index (χ1v) is 19.3. The van der Waals surface area contributed by atoms with Crippen LogP contribution >= 0.6 is 0 Å². The molecule has 53 heavy (non-hydrogen) atoms. The first-order chi connectivity index (χ1) is 25.3. The third-order valence-corrected chi connectivity index (χ3v) is 9.95. The minimum absolute atomic E-state index is 0.00656. The van der Waals surface area contributed by atoms with Gasteiger partial charge in [0, 0.05) is 40.9 Å². The highest BCUT2D eigenvalue weighted by molar-refractivity contribution is 6.09. The monoisotopic (exact) mass is 702 g/mol. The third-order valence-electron chi connectivity index (χ3n) is 9.95. The maximum absolute atomic E-state index is 6.78. The van der Waals surface area contributed by atoms with Crippen molar-refractivity contribution >= 4 is 21.8 Å². The Labute approximate surface area is 315 Å². The van der Waals surface area contributed by atoms with E-state index in [1.54, 1.807) is 0 Å². The Morgan fingerprint density at radius 1 is 0.660 bits per heavy atom. The molecular weight excluding hydrogens is 649 g/mol. The number of hydrogen-bond donors (Lipinski definition) is 0. The summed E-state index contributed by atoms with van der Waals surface area (Å²) >= 11 is 0. The van der Waals surface area contributed by atoms with Crippen LogP contribution in [0.4, 0.5) is 0 Å². The normalized spacial score (nSPS) is 12.2. The second-order valence-corrected chi connectivity index (χ2v) is 17.0. The molecule has 7 aromatic rings. The predicted molar refractivity (Wildman–Crippen MR) is 222 cm³/mol. The van der Waals surface area contributed by atoms with Crippen LogP contribution in [0.5, 0.6) is 11.5 Å². The van der Waals surface area contributed by atoms with E-state index in [9.17, 15) is 0 Å². The first-order valence-electron chi connectivity index (χ1n) is 19.3. The Balaban J connectivity index is 1.30. The Bertz CT molecular complexity index is 2360. The second kappa shape index (κ2) is 14.7. The lowest BCUT2D eigenvalue weighted by Gasteiger charge is -2.20. The number of benzene rings is 4. The lowest BCUT2D eigenvalue weighted by molar-refractivity contribution is 0.481. The Morgan fingerprint density at radius 3 is 2.06 bits per heavy atom. The summed E-state index contributed by atoms with van der Waals surface area (Å²) in [5.74, 6) is 4.11. The molecule has 0 radical (unpaired) electrons. The predicted octanol–water partition coefficient (Wildman–Crippen LogP) is 12.7. The molecule has 0 amide bonds. The van der Waals surface area contributed by atoms with Gasteiger partial charge in [-0.2, -0.15) is 5.10 Å². The van der Waals surface area contributed by atoms with Crippen LogP contribution in [0.15, 0.2) is 110 Å². The number of pyridine rings is 1. The fourth-order valence-corrected chi connectivity index (χ4v) is 7.66. The summed E-state index contributed by atoms with van der Waals surface area (Å²) in [5.41, 5.74) is 10.9. The van der Waals surface area contributed by atoms with Gasteiger partial charge in [0.1, 0.15) is 17.3 Å². The number of ether oxygens (including phenoxy) is 1. The molecular formula is C48H54N4O. The summed E-state index contributed by atoms with van der Waals surface area (Å²) in [6.45, 7) is 20.4. The lowest BCUT2D eigenvalue weighted by atomic mass is 9.88. The van der Waals surface area contributed by atoms with E-state index >= 15 is 0 Å². The largest absolute Gasteiger partial charge is 0.457 e. The summed E-state index contributed by atoms with van der Waals surface area (Å²) in [5, 5.41) is 7.32. The molecule has 3 aromatic heterocycles. The molecule has 7 rings (SSSR count). The van der Waals surface area contributed by atoms with Crippen LogP contribution in [0.2, 0.25) is 0 Å². The number of para-hydroxylation sites is 1. The van der Waals surface area contributed by atoms with Crippen molar-refractivity contribution in [1.29, 1.82) is 0 Å². The molecule has 0 atom stereocenters. The molecule has 0 aliphatic carbocycles. The highest BCUT2D eigenvalue weighted by atomic mass is 16.5. The summed E-state index contributed by atoms with van der Waals surface area (Å²) in [6.07, 6.45) is 9.18.